The van der Waals surface area contributed by atoms with Gasteiger partial charge in [0.05, 0.1) is 13.4 Å². The third kappa shape index (κ3) is 6.39. The van der Waals surface area contributed by atoms with Gasteiger partial charge >= 0.3 is 22.3 Å². The first-order valence-electron chi connectivity index (χ1n) is 12.2. The van der Waals surface area contributed by atoms with Gasteiger partial charge in [0.2, 0.25) is 0 Å². The van der Waals surface area contributed by atoms with E-state index in [-0.39, 0.29) is 5.75 Å². The van der Waals surface area contributed by atoms with E-state index in [9.17, 15) is 21.6 Å². The van der Waals surface area contributed by atoms with Gasteiger partial charge in [-0.2, -0.15) is 21.6 Å². The Labute approximate surface area is 240 Å². The summed E-state index contributed by atoms with van der Waals surface area (Å²) in [6.45, 7) is 0. The number of methoxy groups -OCH3 is 1. The summed E-state index contributed by atoms with van der Waals surface area (Å²) in [5.41, 5.74) is 11.1. The molecule has 218 valence electrons. The lowest BCUT2D eigenvalue weighted by molar-refractivity contribution is -0.192. The Balaban J connectivity index is 0.000000517. The molecular weight excluding hydrogens is 573 g/mol. The first-order valence-corrected chi connectivity index (χ1v) is 14.1. The number of hydrogen-bond acceptors (Lipinski definition) is 7. The zero-order valence-corrected chi connectivity index (χ0v) is 23.1. The molecule has 1 heterocycles. The van der Waals surface area contributed by atoms with Crippen LogP contribution < -0.4 is 14.7 Å². The molecule has 8 nitrogen and oxygen atoms in total. The summed E-state index contributed by atoms with van der Waals surface area (Å²) in [4.78, 5) is 13.9. The summed E-state index contributed by atoms with van der Waals surface area (Å²) < 4.78 is 65.4. The summed E-state index contributed by atoms with van der Waals surface area (Å²) in [5, 5.41) is 7.12. The van der Waals surface area contributed by atoms with E-state index in [1.54, 1.807) is 19.2 Å². The molecule has 0 aliphatic carbocycles. The SMILES string of the molecule is COc1cccc(-c2cccc(C3(c4ccc(OS(C)(=O)=O)cc4)N=C(N)c4ccccc43)c2)c1.O=C(O)C(F)(F)F. The fraction of sp³-hybridized carbons (Fsp3) is 0.133. The summed E-state index contributed by atoms with van der Waals surface area (Å²) in [7, 11) is -1.99. The van der Waals surface area contributed by atoms with Crippen molar-refractivity contribution in [3.63, 3.8) is 0 Å². The third-order valence-corrected chi connectivity index (χ3v) is 6.82. The van der Waals surface area contributed by atoms with Crippen LogP contribution in [-0.2, 0) is 20.5 Å². The van der Waals surface area contributed by atoms with Crippen molar-refractivity contribution < 1.29 is 40.4 Å². The molecular formula is C30H25F3N2O6S. The molecule has 0 spiro atoms. The van der Waals surface area contributed by atoms with Crippen LogP contribution in [0, 0.1) is 0 Å². The third-order valence-electron chi connectivity index (χ3n) is 6.33. The fourth-order valence-corrected chi connectivity index (χ4v) is 5.04. The van der Waals surface area contributed by atoms with Crippen molar-refractivity contribution in [2.45, 2.75) is 11.7 Å². The molecule has 4 aromatic carbocycles. The van der Waals surface area contributed by atoms with Crippen LogP contribution in [-0.4, -0.2) is 44.9 Å². The number of halogens is 3. The Morgan fingerprint density at radius 1 is 0.857 bits per heavy atom. The van der Waals surface area contributed by atoms with Gasteiger partial charge in [0, 0.05) is 5.56 Å². The highest BCUT2D eigenvalue weighted by Gasteiger charge is 2.43. The first-order chi connectivity index (χ1) is 19.7. The van der Waals surface area contributed by atoms with Gasteiger partial charge in [-0.15, -0.1) is 0 Å². The predicted molar refractivity (Wildman–Crippen MR) is 151 cm³/mol. The van der Waals surface area contributed by atoms with Gasteiger partial charge in [-0.05, 0) is 58.1 Å². The van der Waals surface area contributed by atoms with Gasteiger partial charge in [0.25, 0.3) is 0 Å². The number of carboxylic acid groups (broad SMARTS) is 1. The van der Waals surface area contributed by atoms with Crippen molar-refractivity contribution >= 4 is 21.9 Å². The summed E-state index contributed by atoms with van der Waals surface area (Å²) in [5.74, 6) is -1.30. The molecule has 12 heteroatoms. The Morgan fingerprint density at radius 3 is 2.05 bits per heavy atom. The average Bonchev–Trinajstić information content (AvgIpc) is 3.26. The van der Waals surface area contributed by atoms with Crippen molar-refractivity contribution in [3.05, 3.63) is 119 Å². The minimum absolute atomic E-state index is 0.236. The van der Waals surface area contributed by atoms with E-state index in [2.05, 4.69) is 6.07 Å². The molecule has 1 aliphatic rings. The molecule has 42 heavy (non-hydrogen) atoms. The van der Waals surface area contributed by atoms with E-state index in [0.29, 0.717) is 5.84 Å². The molecule has 3 N–H and O–H groups in total. The smallest absolute Gasteiger partial charge is 0.490 e. The summed E-state index contributed by atoms with van der Waals surface area (Å²) in [6.07, 6.45) is -4.06. The molecule has 5 rings (SSSR count). The highest BCUT2D eigenvalue weighted by molar-refractivity contribution is 7.86. The average molecular weight is 599 g/mol. The maximum atomic E-state index is 11.6. The highest BCUT2D eigenvalue weighted by Crippen LogP contribution is 2.47. The van der Waals surface area contributed by atoms with Crippen LogP contribution in [0.1, 0.15) is 22.3 Å². The van der Waals surface area contributed by atoms with E-state index >= 15 is 0 Å². The first kappa shape index (κ1) is 30.1. The number of ether oxygens (including phenoxy) is 1. The number of nitrogens with zero attached hydrogens (tertiary/aromatic N) is 1. The molecule has 1 unspecified atom stereocenters. The van der Waals surface area contributed by atoms with Crippen LogP contribution in [0.3, 0.4) is 0 Å². The van der Waals surface area contributed by atoms with Crippen LogP contribution in [0.2, 0.25) is 0 Å². The normalized spacial score (nSPS) is 16.0. The lowest BCUT2D eigenvalue weighted by atomic mass is 9.77. The zero-order valence-electron chi connectivity index (χ0n) is 22.3. The zero-order chi connectivity index (χ0) is 30.7. The Morgan fingerprint density at radius 2 is 1.45 bits per heavy atom. The number of rotatable bonds is 6. The Bertz CT molecular complexity index is 1760. The standard InChI is InChI=1S/C28H24N2O4S.C2HF3O2/c1-33-24-10-6-8-20(18-24)19-7-5-9-22(17-19)28(26-12-4-3-11-25(26)27(29)30-28)21-13-15-23(16-14-21)34-35(2,31)32;3-2(4,5)1(6)7/h3-18H,1-2H3,(H2,29,30);(H,6,7). The predicted octanol–water partition coefficient (Wildman–Crippen LogP) is 5.34. The summed E-state index contributed by atoms with van der Waals surface area (Å²) >= 11 is 0. The Hall–Kier alpha value is -4.84. The molecule has 0 saturated heterocycles. The maximum Gasteiger partial charge on any atom is 0.490 e. The van der Waals surface area contributed by atoms with Crippen LogP contribution >= 0.6 is 0 Å². The lowest BCUT2D eigenvalue weighted by Crippen LogP contribution is -2.25. The van der Waals surface area contributed by atoms with Crippen molar-refractivity contribution in [1.29, 1.82) is 0 Å². The number of aliphatic imine (C=N–C) groups is 1. The van der Waals surface area contributed by atoms with Gasteiger partial charge < -0.3 is 19.8 Å². The topological polar surface area (TPSA) is 128 Å². The van der Waals surface area contributed by atoms with Crippen molar-refractivity contribution in [1.82, 2.24) is 0 Å². The number of carbonyl (C=O) groups is 1. The number of carboxylic acids is 1. The van der Waals surface area contributed by atoms with Gasteiger partial charge in [-0.1, -0.05) is 66.7 Å². The second-order valence-electron chi connectivity index (χ2n) is 9.18. The van der Waals surface area contributed by atoms with Crippen molar-refractivity contribution in [2.75, 3.05) is 13.4 Å². The quantitative estimate of drug-likeness (QED) is 0.287. The number of amidine groups is 1. The van der Waals surface area contributed by atoms with E-state index in [0.717, 1.165) is 45.4 Å². The second-order valence-corrected chi connectivity index (χ2v) is 10.8. The molecule has 0 saturated carbocycles. The molecule has 1 aliphatic heterocycles. The maximum absolute atomic E-state index is 11.6. The number of benzene rings is 4. The lowest BCUT2D eigenvalue weighted by Gasteiger charge is -2.29. The van der Waals surface area contributed by atoms with Crippen molar-refractivity contribution in [2.24, 2.45) is 10.7 Å². The molecule has 0 bridgehead atoms. The Kier molecular flexibility index (Phi) is 8.30. The van der Waals surface area contributed by atoms with Gasteiger partial charge in [-0.25, -0.2) is 9.79 Å². The van der Waals surface area contributed by atoms with E-state index < -0.39 is 27.8 Å². The van der Waals surface area contributed by atoms with Crippen molar-refractivity contribution in [3.8, 4) is 22.6 Å². The summed E-state index contributed by atoms with van der Waals surface area (Å²) in [6, 6.07) is 30.9. The van der Waals surface area contributed by atoms with Crippen LogP contribution in [0.4, 0.5) is 13.2 Å². The minimum Gasteiger partial charge on any atom is -0.497 e. The molecule has 0 radical (unpaired) electrons. The second kappa shape index (κ2) is 11.6. The largest absolute Gasteiger partial charge is 0.497 e. The molecule has 4 aromatic rings. The van der Waals surface area contributed by atoms with E-state index in [4.69, 9.17) is 29.5 Å². The van der Waals surface area contributed by atoms with Crippen LogP contribution in [0.15, 0.2) is 102 Å². The molecule has 0 amide bonds. The van der Waals surface area contributed by atoms with Gasteiger partial charge in [0.1, 0.15) is 22.9 Å². The van der Waals surface area contributed by atoms with Gasteiger partial charge in [-0.3, -0.25) is 0 Å². The highest BCUT2D eigenvalue weighted by atomic mass is 32.2. The van der Waals surface area contributed by atoms with E-state index in [1.165, 1.54) is 0 Å². The van der Waals surface area contributed by atoms with Crippen LogP contribution in [0.25, 0.3) is 11.1 Å². The number of nitrogens with two attached hydrogens (primary N) is 1. The monoisotopic (exact) mass is 598 g/mol. The number of fused-ring (bicyclic) bond motifs is 1. The van der Waals surface area contributed by atoms with Crippen LogP contribution in [0.5, 0.6) is 11.5 Å². The molecule has 0 fully saturated rings. The fourth-order valence-electron chi connectivity index (χ4n) is 4.58. The number of hydrogen-bond donors (Lipinski definition) is 2. The van der Waals surface area contributed by atoms with E-state index in [1.807, 2.05) is 78.9 Å². The minimum atomic E-state index is -5.08. The molecule has 1 atom stereocenters. The number of aliphatic carboxylic acids is 1. The number of alkyl halides is 3. The molecule has 0 aromatic heterocycles. The van der Waals surface area contributed by atoms with Gasteiger partial charge in [0.15, 0.2) is 0 Å².